The Bertz CT molecular complexity index is 722. The van der Waals surface area contributed by atoms with E-state index < -0.39 is 12.2 Å². The van der Waals surface area contributed by atoms with Gasteiger partial charge in [0.2, 0.25) is 5.91 Å². The minimum absolute atomic E-state index is 0.0247. The predicted molar refractivity (Wildman–Crippen MR) is 106 cm³/mol. The van der Waals surface area contributed by atoms with Crippen LogP contribution in [0, 0.1) is 0 Å². The number of carbonyl (C=O) groups is 1. The molecule has 3 heterocycles. The average Bonchev–Trinajstić information content (AvgIpc) is 3.18. The monoisotopic (exact) mass is 415 g/mol. The van der Waals surface area contributed by atoms with Crippen molar-refractivity contribution in [1.29, 1.82) is 0 Å². The molecule has 0 bridgehead atoms. The van der Waals surface area contributed by atoms with Gasteiger partial charge in [-0.25, -0.2) is 4.68 Å². The zero-order valence-electron chi connectivity index (χ0n) is 17.8. The van der Waals surface area contributed by atoms with Crippen LogP contribution in [0.1, 0.15) is 65.1 Å². The van der Waals surface area contributed by atoms with Gasteiger partial charge in [-0.1, -0.05) is 0 Å². The van der Waals surface area contributed by atoms with Gasteiger partial charge in [-0.05, 0) is 54.0 Å². The predicted octanol–water partition coefficient (Wildman–Crippen LogP) is 3.63. The van der Waals surface area contributed by atoms with Gasteiger partial charge in [0.15, 0.2) is 6.04 Å². The number of alkyl halides is 3. The van der Waals surface area contributed by atoms with Crippen molar-refractivity contribution in [2.24, 2.45) is 0 Å². The molecule has 1 aromatic heterocycles. The highest BCUT2D eigenvalue weighted by Gasteiger charge is 2.46. The number of hydrogen-bond acceptors (Lipinski definition) is 4. The maximum absolute atomic E-state index is 13.5. The Kier molecular flexibility index (Phi) is 6.17. The van der Waals surface area contributed by atoms with Crippen LogP contribution in [0.15, 0.2) is 6.07 Å². The molecular formula is C20H32F3N5O. The van der Waals surface area contributed by atoms with E-state index in [1.807, 2.05) is 32.6 Å². The summed E-state index contributed by atoms with van der Waals surface area (Å²) in [7, 11) is 0. The number of halogens is 3. The van der Waals surface area contributed by atoms with Crippen molar-refractivity contribution >= 4 is 11.7 Å². The first kappa shape index (κ1) is 21.9. The number of nitrogens with one attached hydrogen (secondary N) is 1. The van der Waals surface area contributed by atoms with E-state index in [2.05, 4.69) is 15.3 Å². The molecule has 0 aromatic carbocycles. The van der Waals surface area contributed by atoms with E-state index in [1.54, 1.807) is 13.0 Å². The topological polar surface area (TPSA) is 53.4 Å². The summed E-state index contributed by atoms with van der Waals surface area (Å²) in [6.07, 6.45) is -3.55. The molecular weight excluding hydrogens is 383 g/mol. The van der Waals surface area contributed by atoms with Crippen molar-refractivity contribution in [3.8, 4) is 0 Å². The summed E-state index contributed by atoms with van der Waals surface area (Å²) in [5.74, 6) is 0.562. The second kappa shape index (κ2) is 8.16. The second-order valence-electron chi connectivity index (χ2n) is 8.95. The molecule has 164 valence electrons. The lowest BCUT2D eigenvalue weighted by molar-refractivity contribution is -0.173. The van der Waals surface area contributed by atoms with Gasteiger partial charge in [0.05, 0.1) is 12.2 Å². The van der Waals surface area contributed by atoms with Crippen molar-refractivity contribution in [1.82, 2.24) is 19.6 Å². The summed E-state index contributed by atoms with van der Waals surface area (Å²) in [5.41, 5.74) is 0.676. The zero-order valence-corrected chi connectivity index (χ0v) is 17.8. The highest BCUT2D eigenvalue weighted by Crippen LogP contribution is 2.40. The maximum Gasteiger partial charge on any atom is 0.410 e. The van der Waals surface area contributed by atoms with E-state index in [4.69, 9.17) is 0 Å². The Morgan fingerprint density at radius 1 is 1.31 bits per heavy atom. The Morgan fingerprint density at radius 3 is 2.55 bits per heavy atom. The molecule has 1 unspecified atom stereocenters. The molecule has 0 aliphatic carbocycles. The number of hydrogen-bond donors (Lipinski definition) is 1. The molecule has 9 heteroatoms. The lowest BCUT2D eigenvalue weighted by atomic mass is 10.0. The number of amides is 1. The van der Waals surface area contributed by atoms with Crippen LogP contribution in [-0.4, -0.2) is 69.4 Å². The molecule has 1 fully saturated rings. The van der Waals surface area contributed by atoms with Crippen molar-refractivity contribution < 1.29 is 18.0 Å². The van der Waals surface area contributed by atoms with Gasteiger partial charge < -0.3 is 10.2 Å². The van der Waals surface area contributed by atoms with Crippen molar-refractivity contribution in [3.63, 3.8) is 0 Å². The summed E-state index contributed by atoms with van der Waals surface area (Å²) in [5, 5.41) is 7.45. The Labute approximate surface area is 170 Å². The van der Waals surface area contributed by atoms with Gasteiger partial charge in [-0.2, -0.15) is 18.3 Å². The lowest BCUT2D eigenvalue weighted by Gasteiger charge is -2.32. The van der Waals surface area contributed by atoms with Gasteiger partial charge in [0, 0.05) is 36.7 Å². The number of carbonyl (C=O) groups excluding carboxylic acids is 1. The lowest BCUT2D eigenvalue weighted by Crippen LogP contribution is -2.46. The smallest absolute Gasteiger partial charge is 0.368 e. The molecule has 2 aliphatic heterocycles. The second-order valence-corrected chi connectivity index (χ2v) is 8.95. The van der Waals surface area contributed by atoms with E-state index in [0.717, 1.165) is 17.6 Å². The van der Waals surface area contributed by atoms with Crippen LogP contribution >= 0.6 is 0 Å². The molecule has 1 N–H and O–H groups in total. The standard InChI is InChI=1S/C20H32F3N5O/c1-12(2)27(13(3)4)19(29)11-26-7-6-15(10-26)16-9-18-24-14(5)8-17(20(21,22)23)28(18)25-16/h9,12-15,17,24H,6-8,10-11H2,1-5H3/t14-,15?,17-/m1/s1. The number of anilines is 1. The maximum atomic E-state index is 13.5. The quantitative estimate of drug-likeness (QED) is 0.798. The summed E-state index contributed by atoms with van der Waals surface area (Å²) >= 11 is 0. The molecule has 1 amide bonds. The van der Waals surface area contributed by atoms with Gasteiger partial charge in [-0.3, -0.25) is 9.69 Å². The summed E-state index contributed by atoms with van der Waals surface area (Å²) in [6.45, 7) is 11.5. The molecule has 0 spiro atoms. The number of nitrogens with zero attached hydrogens (tertiary/aromatic N) is 4. The molecule has 0 saturated carbocycles. The van der Waals surface area contributed by atoms with Gasteiger partial charge >= 0.3 is 6.18 Å². The van der Waals surface area contributed by atoms with E-state index in [1.165, 1.54) is 0 Å². The molecule has 29 heavy (non-hydrogen) atoms. The normalized spacial score (nSPS) is 25.4. The highest BCUT2D eigenvalue weighted by atomic mass is 19.4. The van der Waals surface area contributed by atoms with Gasteiger partial charge in [0.25, 0.3) is 0 Å². The first-order valence-corrected chi connectivity index (χ1v) is 10.4. The SMILES string of the molecule is CC(C)N(C(=O)CN1CCC(c2cc3n(n2)[C@@H](C(F)(F)F)C[C@@H](C)N3)C1)C(C)C. The molecule has 1 aromatic rings. The van der Waals surface area contributed by atoms with Crippen LogP contribution in [0.4, 0.5) is 19.0 Å². The van der Waals surface area contributed by atoms with E-state index in [-0.39, 0.29) is 36.4 Å². The molecule has 2 aliphatic rings. The molecule has 1 saturated heterocycles. The third-order valence-electron chi connectivity index (χ3n) is 5.85. The average molecular weight is 416 g/mol. The van der Waals surface area contributed by atoms with Crippen LogP contribution in [-0.2, 0) is 4.79 Å². The van der Waals surface area contributed by atoms with Crippen molar-refractivity contribution in [2.75, 3.05) is 25.0 Å². The number of aromatic nitrogens is 2. The van der Waals surface area contributed by atoms with Crippen molar-refractivity contribution in [3.05, 3.63) is 11.8 Å². The highest BCUT2D eigenvalue weighted by molar-refractivity contribution is 5.78. The van der Waals surface area contributed by atoms with Crippen LogP contribution in [0.5, 0.6) is 0 Å². The fourth-order valence-electron chi connectivity index (χ4n) is 4.64. The number of fused-ring (bicyclic) bond motifs is 1. The molecule has 0 radical (unpaired) electrons. The van der Waals surface area contributed by atoms with Crippen LogP contribution < -0.4 is 5.32 Å². The van der Waals surface area contributed by atoms with E-state index >= 15 is 0 Å². The Balaban J connectivity index is 1.69. The summed E-state index contributed by atoms with van der Waals surface area (Å²) in [6, 6.07) is 0.168. The largest absolute Gasteiger partial charge is 0.410 e. The van der Waals surface area contributed by atoms with Gasteiger partial charge in [0.1, 0.15) is 5.82 Å². The van der Waals surface area contributed by atoms with E-state index in [0.29, 0.717) is 24.6 Å². The van der Waals surface area contributed by atoms with E-state index in [9.17, 15) is 18.0 Å². The Hall–Kier alpha value is -1.77. The first-order chi connectivity index (χ1) is 13.5. The molecule has 3 rings (SSSR count). The number of likely N-dealkylation sites (tertiary alicyclic amines) is 1. The molecule has 6 nitrogen and oxygen atoms in total. The number of rotatable bonds is 5. The van der Waals surface area contributed by atoms with Crippen LogP contribution in [0.2, 0.25) is 0 Å². The fourth-order valence-corrected chi connectivity index (χ4v) is 4.64. The summed E-state index contributed by atoms with van der Waals surface area (Å²) < 4.78 is 41.5. The minimum atomic E-state index is -4.32. The third kappa shape index (κ3) is 4.70. The van der Waals surface area contributed by atoms with Gasteiger partial charge in [-0.15, -0.1) is 0 Å². The summed E-state index contributed by atoms with van der Waals surface area (Å²) in [4.78, 5) is 16.7. The Morgan fingerprint density at radius 2 is 1.97 bits per heavy atom. The fraction of sp³-hybridized carbons (Fsp3) is 0.800. The van der Waals surface area contributed by atoms with Crippen LogP contribution in [0.3, 0.4) is 0 Å². The third-order valence-corrected chi connectivity index (χ3v) is 5.85. The molecule has 3 atom stereocenters. The zero-order chi connectivity index (χ0) is 21.5. The van der Waals surface area contributed by atoms with Crippen LogP contribution in [0.25, 0.3) is 0 Å². The minimum Gasteiger partial charge on any atom is -0.368 e. The van der Waals surface area contributed by atoms with Crippen molar-refractivity contribution in [2.45, 2.75) is 83.7 Å². The first-order valence-electron chi connectivity index (χ1n) is 10.4.